The summed E-state index contributed by atoms with van der Waals surface area (Å²) < 4.78 is 0. The Morgan fingerprint density at radius 1 is 1.33 bits per heavy atom. The fourth-order valence-electron chi connectivity index (χ4n) is 2.65. The molecule has 0 radical (unpaired) electrons. The Kier molecular flexibility index (Phi) is 4.10. The zero-order valence-electron chi connectivity index (χ0n) is 12.2. The summed E-state index contributed by atoms with van der Waals surface area (Å²) in [4.78, 5) is 22.5. The van der Waals surface area contributed by atoms with Crippen LogP contribution >= 0.6 is 0 Å². The quantitative estimate of drug-likeness (QED) is 0.908. The van der Waals surface area contributed by atoms with Crippen molar-refractivity contribution in [2.24, 2.45) is 0 Å². The third kappa shape index (κ3) is 3.36. The molecule has 0 spiro atoms. The van der Waals surface area contributed by atoms with Gasteiger partial charge in [0.2, 0.25) is 5.91 Å². The lowest BCUT2D eigenvalue weighted by molar-refractivity contribution is -0.127. The van der Waals surface area contributed by atoms with Gasteiger partial charge in [0.05, 0.1) is 22.9 Å². The molecule has 5 nitrogen and oxygen atoms in total. The van der Waals surface area contributed by atoms with Crippen LogP contribution in [0.4, 0.5) is 0 Å². The molecule has 1 saturated heterocycles. The van der Waals surface area contributed by atoms with E-state index in [-0.39, 0.29) is 11.9 Å². The minimum absolute atomic E-state index is 0.250. The maximum atomic E-state index is 11.6. The second kappa shape index (κ2) is 6.18. The fraction of sp³-hybridized carbons (Fsp3) is 0.438. The van der Waals surface area contributed by atoms with Crippen molar-refractivity contribution in [3.05, 3.63) is 36.2 Å². The van der Waals surface area contributed by atoms with E-state index in [4.69, 9.17) is 0 Å². The largest absolute Gasteiger partial charge is 0.341 e. The number of nitrogens with zero attached hydrogens (tertiary/aromatic N) is 3. The number of aromatic nitrogens is 2. The summed E-state index contributed by atoms with van der Waals surface area (Å²) in [7, 11) is 0. The van der Waals surface area contributed by atoms with Crippen molar-refractivity contribution in [2.75, 3.05) is 13.1 Å². The highest BCUT2D eigenvalue weighted by molar-refractivity contribution is 5.78. The first-order chi connectivity index (χ1) is 10.2. The molecule has 2 aromatic rings. The number of hydrogen-bond acceptors (Lipinski definition) is 4. The molecule has 1 amide bonds. The summed E-state index contributed by atoms with van der Waals surface area (Å²) in [5.74, 6) is 0.272. The Bertz CT molecular complexity index is 643. The highest BCUT2D eigenvalue weighted by atomic mass is 16.2. The Labute approximate surface area is 124 Å². The molecular formula is C16H20N4O. The van der Waals surface area contributed by atoms with Crippen molar-refractivity contribution >= 4 is 16.9 Å². The van der Waals surface area contributed by atoms with Gasteiger partial charge in [0.1, 0.15) is 0 Å². The number of hydrogen-bond donors (Lipinski definition) is 1. The van der Waals surface area contributed by atoms with E-state index >= 15 is 0 Å². The van der Waals surface area contributed by atoms with Crippen LogP contribution < -0.4 is 5.32 Å². The van der Waals surface area contributed by atoms with Gasteiger partial charge in [0, 0.05) is 32.1 Å². The third-order valence-electron chi connectivity index (χ3n) is 3.80. The molecule has 0 saturated carbocycles. The molecule has 1 aliphatic heterocycles. The lowest BCUT2D eigenvalue weighted by atomic mass is 10.2. The first kappa shape index (κ1) is 13.9. The van der Waals surface area contributed by atoms with Gasteiger partial charge in [0.15, 0.2) is 0 Å². The Balaban J connectivity index is 1.56. The molecule has 21 heavy (non-hydrogen) atoms. The minimum atomic E-state index is 0.250. The maximum absolute atomic E-state index is 11.6. The molecule has 1 unspecified atom stereocenters. The minimum Gasteiger partial charge on any atom is -0.341 e. The summed E-state index contributed by atoms with van der Waals surface area (Å²) in [6, 6.07) is 8.11. The number of amides is 1. The van der Waals surface area contributed by atoms with E-state index in [1.54, 1.807) is 0 Å². The summed E-state index contributed by atoms with van der Waals surface area (Å²) in [5.41, 5.74) is 2.75. The molecule has 110 valence electrons. The van der Waals surface area contributed by atoms with E-state index in [2.05, 4.69) is 22.2 Å². The summed E-state index contributed by atoms with van der Waals surface area (Å²) >= 11 is 0. The van der Waals surface area contributed by atoms with Crippen LogP contribution in [0.2, 0.25) is 0 Å². The van der Waals surface area contributed by atoms with Gasteiger partial charge in [-0.2, -0.15) is 0 Å². The van der Waals surface area contributed by atoms with Crippen LogP contribution in [0.3, 0.4) is 0 Å². The number of para-hydroxylation sites is 2. The molecule has 2 heterocycles. The van der Waals surface area contributed by atoms with Crippen LogP contribution in [0, 0.1) is 0 Å². The molecule has 1 fully saturated rings. The molecule has 5 heteroatoms. The molecule has 3 rings (SSSR count). The van der Waals surface area contributed by atoms with Crippen LogP contribution in [0.15, 0.2) is 30.5 Å². The van der Waals surface area contributed by atoms with Gasteiger partial charge in [0.25, 0.3) is 0 Å². The van der Waals surface area contributed by atoms with Crippen LogP contribution in [-0.2, 0) is 11.3 Å². The smallest absolute Gasteiger partial charge is 0.222 e. The van der Waals surface area contributed by atoms with E-state index in [0.717, 1.165) is 36.2 Å². The molecule has 1 aromatic carbocycles. The van der Waals surface area contributed by atoms with E-state index in [1.165, 1.54) is 0 Å². The highest BCUT2D eigenvalue weighted by Gasteiger charge is 2.21. The number of nitrogens with one attached hydrogen (secondary N) is 1. The normalized spacial score (nSPS) is 16.6. The van der Waals surface area contributed by atoms with Gasteiger partial charge < -0.3 is 10.2 Å². The van der Waals surface area contributed by atoms with Gasteiger partial charge in [-0.25, -0.2) is 4.98 Å². The van der Waals surface area contributed by atoms with E-state index < -0.39 is 0 Å². The van der Waals surface area contributed by atoms with Gasteiger partial charge in [-0.15, -0.1) is 0 Å². The topological polar surface area (TPSA) is 58.1 Å². The first-order valence-electron chi connectivity index (χ1n) is 7.44. The second-order valence-electron chi connectivity index (χ2n) is 5.58. The summed E-state index contributed by atoms with van der Waals surface area (Å²) in [5, 5.41) is 3.41. The van der Waals surface area contributed by atoms with Crippen molar-refractivity contribution in [3.8, 4) is 0 Å². The van der Waals surface area contributed by atoms with Crippen molar-refractivity contribution in [3.63, 3.8) is 0 Å². The third-order valence-corrected chi connectivity index (χ3v) is 3.80. The molecular weight excluding hydrogens is 264 g/mol. The van der Waals surface area contributed by atoms with Crippen molar-refractivity contribution in [2.45, 2.75) is 32.4 Å². The summed E-state index contributed by atoms with van der Waals surface area (Å²) in [6.45, 7) is 4.42. The Morgan fingerprint density at radius 2 is 2.14 bits per heavy atom. The number of carbonyl (C=O) groups excluding carboxylic acids is 1. The first-order valence-corrected chi connectivity index (χ1v) is 7.44. The number of rotatable bonds is 5. The number of carbonyl (C=O) groups is 1. The highest BCUT2D eigenvalue weighted by Crippen LogP contribution is 2.11. The fourth-order valence-corrected chi connectivity index (χ4v) is 2.65. The van der Waals surface area contributed by atoms with E-state index in [9.17, 15) is 4.79 Å². The molecule has 1 aliphatic rings. The molecule has 1 atom stereocenters. The van der Waals surface area contributed by atoms with Crippen LogP contribution in [0.1, 0.15) is 25.5 Å². The number of likely N-dealkylation sites (tertiary alicyclic amines) is 1. The van der Waals surface area contributed by atoms with Crippen LogP contribution in [0.25, 0.3) is 11.0 Å². The van der Waals surface area contributed by atoms with Crippen molar-refractivity contribution < 1.29 is 4.79 Å². The molecule has 0 bridgehead atoms. The van der Waals surface area contributed by atoms with Crippen LogP contribution in [0.5, 0.6) is 0 Å². The predicted molar refractivity (Wildman–Crippen MR) is 81.7 cm³/mol. The Morgan fingerprint density at radius 3 is 2.90 bits per heavy atom. The monoisotopic (exact) mass is 284 g/mol. The second-order valence-corrected chi connectivity index (χ2v) is 5.58. The van der Waals surface area contributed by atoms with Gasteiger partial charge in [-0.3, -0.25) is 9.78 Å². The van der Waals surface area contributed by atoms with Gasteiger partial charge in [-0.1, -0.05) is 12.1 Å². The molecule has 1 N–H and O–H groups in total. The average molecular weight is 284 g/mol. The van der Waals surface area contributed by atoms with Crippen LogP contribution in [-0.4, -0.2) is 39.9 Å². The predicted octanol–water partition coefficient (Wildman–Crippen LogP) is 1.73. The zero-order chi connectivity index (χ0) is 14.7. The Hall–Kier alpha value is -2.01. The lowest BCUT2D eigenvalue weighted by Crippen LogP contribution is -2.39. The van der Waals surface area contributed by atoms with Gasteiger partial charge >= 0.3 is 0 Å². The standard InChI is InChI=1S/C16H20N4O/c1-12(11-20-8-4-7-16(20)21)17-9-13-10-18-14-5-2-3-6-15(14)19-13/h2-3,5-6,10,12,17H,4,7-9,11H2,1H3. The van der Waals surface area contributed by atoms with Gasteiger partial charge in [-0.05, 0) is 25.5 Å². The average Bonchev–Trinajstić information content (AvgIpc) is 2.90. The summed E-state index contributed by atoms with van der Waals surface area (Å²) in [6.07, 6.45) is 3.49. The lowest BCUT2D eigenvalue weighted by Gasteiger charge is -2.21. The number of benzene rings is 1. The maximum Gasteiger partial charge on any atom is 0.222 e. The zero-order valence-corrected chi connectivity index (χ0v) is 12.2. The SMILES string of the molecule is CC(CN1CCCC1=O)NCc1cnc2ccccc2n1. The van der Waals surface area contributed by atoms with E-state index in [0.29, 0.717) is 13.0 Å². The van der Waals surface area contributed by atoms with Crippen molar-refractivity contribution in [1.82, 2.24) is 20.2 Å². The molecule has 1 aromatic heterocycles. The van der Waals surface area contributed by atoms with Crippen molar-refractivity contribution in [1.29, 1.82) is 0 Å². The number of fused-ring (bicyclic) bond motifs is 1. The molecule has 0 aliphatic carbocycles. The van der Waals surface area contributed by atoms with E-state index in [1.807, 2.05) is 35.4 Å².